The Morgan fingerprint density at radius 3 is 2.65 bits per heavy atom. The van der Waals surface area contributed by atoms with Crippen LogP contribution in [-0.4, -0.2) is 23.8 Å². The first kappa shape index (κ1) is 14.8. The molecular formula is C13H9BrFNO3S. The summed E-state index contributed by atoms with van der Waals surface area (Å²) in [6, 6.07) is 4.11. The molecule has 0 fully saturated rings. The van der Waals surface area contributed by atoms with Gasteiger partial charge in [0.1, 0.15) is 15.7 Å². The van der Waals surface area contributed by atoms with Crippen LogP contribution in [0.2, 0.25) is 0 Å². The van der Waals surface area contributed by atoms with E-state index in [1.807, 2.05) is 0 Å². The van der Waals surface area contributed by atoms with Gasteiger partial charge in [-0.1, -0.05) is 0 Å². The van der Waals surface area contributed by atoms with E-state index in [2.05, 4.69) is 25.7 Å². The van der Waals surface area contributed by atoms with Gasteiger partial charge in [-0.25, -0.2) is 14.2 Å². The largest absolute Gasteiger partial charge is 0.464 e. The van der Waals surface area contributed by atoms with Gasteiger partial charge >= 0.3 is 5.97 Å². The van der Waals surface area contributed by atoms with Gasteiger partial charge in [0.25, 0.3) is 0 Å². The molecule has 0 aliphatic heterocycles. The zero-order valence-electron chi connectivity index (χ0n) is 10.6. The summed E-state index contributed by atoms with van der Waals surface area (Å²) in [7, 11) is 1.22. The van der Waals surface area contributed by atoms with Crippen molar-refractivity contribution < 1.29 is 18.7 Å². The molecule has 104 valence electrons. The van der Waals surface area contributed by atoms with Gasteiger partial charge in [0.2, 0.25) is 0 Å². The van der Waals surface area contributed by atoms with Crippen LogP contribution in [0.3, 0.4) is 0 Å². The maximum atomic E-state index is 13.1. The summed E-state index contributed by atoms with van der Waals surface area (Å²) in [5, 5.41) is 0.447. The fraction of sp³-hybridized carbons (Fsp3) is 0.154. The highest BCUT2D eigenvalue weighted by Crippen LogP contribution is 2.34. The van der Waals surface area contributed by atoms with Crippen LogP contribution in [0, 0.1) is 5.82 Å². The zero-order valence-corrected chi connectivity index (χ0v) is 13.0. The molecule has 4 nitrogen and oxygen atoms in total. The molecule has 0 saturated heterocycles. The van der Waals surface area contributed by atoms with E-state index in [0.29, 0.717) is 15.0 Å². The molecule has 0 radical (unpaired) electrons. The maximum Gasteiger partial charge on any atom is 0.358 e. The first-order valence-electron chi connectivity index (χ1n) is 5.49. The molecule has 2 aromatic rings. The van der Waals surface area contributed by atoms with Gasteiger partial charge in [-0.05, 0) is 34.1 Å². The number of ether oxygens (including phenoxy) is 1. The third-order valence-electron chi connectivity index (χ3n) is 2.49. The average molecular weight is 358 g/mol. The summed E-state index contributed by atoms with van der Waals surface area (Å²) >= 11 is 4.30. The SMILES string of the molecule is COC(=O)c1nc(-c2ccc(F)cc2Br)sc1C(C)=O. The lowest BCUT2D eigenvalue weighted by Gasteiger charge is -1.99. The number of halogens is 2. The number of hydrogen-bond acceptors (Lipinski definition) is 5. The summed E-state index contributed by atoms with van der Waals surface area (Å²) in [5.41, 5.74) is 0.588. The maximum absolute atomic E-state index is 13.1. The van der Waals surface area contributed by atoms with Crippen molar-refractivity contribution >= 4 is 39.0 Å². The molecule has 0 N–H and O–H groups in total. The van der Waals surface area contributed by atoms with Gasteiger partial charge in [0, 0.05) is 17.0 Å². The zero-order chi connectivity index (χ0) is 14.9. The molecular weight excluding hydrogens is 349 g/mol. The fourth-order valence-corrected chi connectivity index (χ4v) is 3.23. The first-order valence-corrected chi connectivity index (χ1v) is 7.10. The third-order valence-corrected chi connectivity index (χ3v) is 4.33. The Bertz CT molecular complexity index is 699. The number of nitrogens with zero attached hydrogens (tertiary/aromatic N) is 1. The van der Waals surface area contributed by atoms with Crippen LogP contribution in [0.1, 0.15) is 27.1 Å². The minimum Gasteiger partial charge on any atom is -0.464 e. The minimum atomic E-state index is -0.670. The van der Waals surface area contributed by atoms with Gasteiger partial charge < -0.3 is 4.74 Å². The van der Waals surface area contributed by atoms with Crippen molar-refractivity contribution in [1.82, 2.24) is 4.98 Å². The van der Waals surface area contributed by atoms with Gasteiger partial charge in [-0.15, -0.1) is 11.3 Å². The van der Waals surface area contributed by atoms with Crippen LogP contribution >= 0.6 is 27.3 Å². The number of Topliss-reactive ketones (excluding diaryl/α,β-unsaturated/α-hetero) is 1. The second-order valence-corrected chi connectivity index (χ2v) is 5.72. The Kier molecular flexibility index (Phi) is 4.29. The number of ketones is 1. The van der Waals surface area contributed by atoms with Crippen LogP contribution in [-0.2, 0) is 4.74 Å². The number of carbonyl (C=O) groups is 2. The van der Waals surface area contributed by atoms with Crippen molar-refractivity contribution in [3.8, 4) is 10.6 Å². The van der Waals surface area contributed by atoms with E-state index in [0.717, 1.165) is 11.3 Å². The van der Waals surface area contributed by atoms with Gasteiger partial charge in [-0.2, -0.15) is 0 Å². The van der Waals surface area contributed by atoms with Gasteiger partial charge in [-0.3, -0.25) is 4.79 Å². The number of methoxy groups -OCH3 is 1. The van der Waals surface area contributed by atoms with Crippen molar-refractivity contribution in [3.63, 3.8) is 0 Å². The van der Waals surface area contributed by atoms with Crippen molar-refractivity contribution in [2.24, 2.45) is 0 Å². The predicted octanol–water partition coefficient (Wildman–Crippen LogP) is 3.70. The molecule has 0 atom stereocenters. The molecule has 2 rings (SSSR count). The van der Waals surface area contributed by atoms with Crippen LogP contribution in [0.5, 0.6) is 0 Å². The third kappa shape index (κ3) is 2.78. The molecule has 0 unspecified atom stereocenters. The topological polar surface area (TPSA) is 56.3 Å². The normalized spacial score (nSPS) is 10.4. The van der Waals surface area contributed by atoms with E-state index in [1.54, 1.807) is 0 Å². The van der Waals surface area contributed by atoms with E-state index in [9.17, 15) is 14.0 Å². The highest BCUT2D eigenvalue weighted by Gasteiger charge is 2.23. The van der Waals surface area contributed by atoms with E-state index >= 15 is 0 Å². The second-order valence-electron chi connectivity index (χ2n) is 3.87. The van der Waals surface area contributed by atoms with E-state index in [-0.39, 0.29) is 16.4 Å². The van der Waals surface area contributed by atoms with E-state index in [1.165, 1.54) is 32.2 Å². The smallest absolute Gasteiger partial charge is 0.358 e. The highest BCUT2D eigenvalue weighted by atomic mass is 79.9. The number of esters is 1. The van der Waals surface area contributed by atoms with Crippen LogP contribution in [0.4, 0.5) is 4.39 Å². The molecule has 0 aliphatic rings. The molecule has 7 heteroatoms. The minimum absolute atomic E-state index is 0.0174. The van der Waals surface area contributed by atoms with Crippen LogP contribution in [0.25, 0.3) is 10.6 Å². The fourth-order valence-electron chi connectivity index (χ4n) is 1.57. The lowest BCUT2D eigenvalue weighted by atomic mass is 10.2. The summed E-state index contributed by atoms with van der Waals surface area (Å²) in [6.45, 7) is 1.35. The average Bonchev–Trinajstić information content (AvgIpc) is 2.82. The number of rotatable bonds is 3. The Balaban J connectivity index is 2.58. The standard InChI is InChI=1S/C13H9BrFNO3S/c1-6(17)11-10(13(18)19-2)16-12(20-11)8-4-3-7(15)5-9(8)14/h3-5H,1-2H3. The van der Waals surface area contributed by atoms with E-state index in [4.69, 9.17) is 0 Å². The molecule has 1 heterocycles. The van der Waals surface area contributed by atoms with Gasteiger partial charge in [0.15, 0.2) is 11.5 Å². The molecule has 1 aromatic heterocycles. The quantitative estimate of drug-likeness (QED) is 0.620. The Hall–Kier alpha value is -1.60. The number of carbonyl (C=O) groups excluding carboxylic acids is 2. The summed E-state index contributed by atoms with van der Waals surface area (Å²) in [4.78, 5) is 27.5. The van der Waals surface area contributed by atoms with Gasteiger partial charge in [0.05, 0.1) is 7.11 Å². The molecule has 0 amide bonds. The molecule has 20 heavy (non-hydrogen) atoms. The summed E-state index contributed by atoms with van der Waals surface area (Å²) < 4.78 is 18.2. The number of benzene rings is 1. The summed E-state index contributed by atoms with van der Waals surface area (Å²) in [5.74, 6) is -1.33. The van der Waals surface area contributed by atoms with Crippen molar-refractivity contribution in [3.05, 3.63) is 39.1 Å². The second kappa shape index (κ2) is 5.80. The van der Waals surface area contributed by atoms with Crippen LogP contribution in [0.15, 0.2) is 22.7 Å². The Morgan fingerprint density at radius 2 is 2.10 bits per heavy atom. The van der Waals surface area contributed by atoms with Crippen molar-refractivity contribution in [2.75, 3.05) is 7.11 Å². The Morgan fingerprint density at radius 1 is 1.40 bits per heavy atom. The van der Waals surface area contributed by atoms with Crippen molar-refractivity contribution in [1.29, 1.82) is 0 Å². The predicted molar refractivity (Wildman–Crippen MR) is 76.6 cm³/mol. The number of thiazole rings is 1. The monoisotopic (exact) mass is 357 g/mol. The molecule has 0 saturated carbocycles. The lowest BCUT2D eigenvalue weighted by molar-refractivity contribution is 0.0591. The Labute approximate surface area is 126 Å². The summed E-state index contributed by atoms with van der Waals surface area (Å²) in [6.07, 6.45) is 0. The highest BCUT2D eigenvalue weighted by molar-refractivity contribution is 9.10. The lowest BCUT2D eigenvalue weighted by Crippen LogP contribution is -2.06. The number of aromatic nitrogens is 1. The molecule has 0 aliphatic carbocycles. The molecule has 0 spiro atoms. The van der Waals surface area contributed by atoms with E-state index < -0.39 is 11.8 Å². The van der Waals surface area contributed by atoms with Crippen LogP contribution < -0.4 is 0 Å². The first-order chi connectivity index (χ1) is 9.43. The molecule has 1 aromatic carbocycles. The number of hydrogen-bond donors (Lipinski definition) is 0. The van der Waals surface area contributed by atoms with Crippen molar-refractivity contribution in [2.45, 2.75) is 6.92 Å². The molecule has 0 bridgehead atoms.